The molecule has 0 unspecified atom stereocenters. The molecule has 0 atom stereocenters. The number of nitrogens with one attached hydrogen (secondary N) is 1. The third-order valence-electron chi connectivity index (χ3n) is 5.94. The van der Waals surface area contributed by atoms with Gasteiger partial charge in [-0.25, -0.2) is 0 Å². The fourth-order valence-corrected chi connectivity index (χ4v) is 4.23. The van der Waals surface area contributed by atoms with Gasteiger partial charge >= 0.3 is 0 Å². The minimum absolute atomic E-state index is 0.163. The van der Waals surface area contributed by atoms with E-state index in [4.69, 9.17) is 17.0 Å². The zero-order valence-corrected chi connectivity index (χ0v) is 19.2. The molecule has 1 aliphatic rings. The quantitative estimate of drug-likeness (QED) is 0.532. The number of carbonyl (C=O) groups is 1. The Bertz CT molecular complexity index is 1070. The van der Waals surface area contributed by atoms with Crippen LogP contribution in [-0.4, -0.2) is 70.3 Å². The molecule has 0 bridgehead atoms. The molecule has 7 nitrogen and oxygen atoms in total. The van der Waals surface area contributed by atoms with Crippen LogP contribution in [-0.2, 0) is 17.8 Å². The molecule has 0 spiro atoms. The topological polar surface area (TPSA) is 66.4 Å². The van der Waals surface area contributed by atoms with Crippen LogP contribution in [0.5, 0.6) is 5.75 Å². The number of aromatic nitrogens is 3. The molecule has 8 heteroatoms. The second-order valence-corrected chi connectivity index (χ2v) is 8.33. The Morgan fingerprint density at radius 1 is 1.03 bits per heavy atom. The molecule has 3 aromatic rings. The highest BCUT2D eigenvalue weighted by Gasteiger charge is 2.21. The lowest BCUT2D eigenvalue weighted by Crippen LogP contribution is -2.49. The van der Waals surface area contributed by atoms with Crippen LogP contribution in [0, 0.1) is 4.77 Å². The van der Waals surface area contributed by atoms with Gasteiger partial charge in [0.1, 0.15) is 5.75 Å². The average molecular weight is 452 g/mol. The van der Waals surface area contributed by atoms with E-state index < -0.39 is 0 Å². The van der Waals surface area contributed by atoms with Crippen LogP contribution in [0.3, 0.4) is 0 Å². The van der Waals surface area contributed by atoms with Gasteiger partial charge in [-0.3, -0.25) is 19.4 Å². The largest absolute Gasteiger partial charge is 0.497 e. The van der Waals surface area contributed by atoms with E-state index in [1.807, 2.05) is 39.8 Å². The highest BCUT2D eigenvalue weighted by atomic mass is 32.1. The van der Waals surface area contributed by atoms with Crippen molar-refractivity contribution >= 4 is 18.1 Å². The molecule has 1 fully saturated rings. The van der Waals surface area contributed by atoms with Crippen molar-refractivity contribution in [1.29, 1.82) is 0 Å². The van der Waals surface area contributed by atoms with E-state index >= 15 is 0 Å². The van der Waals surface area contributed by atoms with Crippen molar-refractivity contribution in [2.75, 3.05) is 39.8 Å². The van der Waals surface area contributed by atoms with Crippen LogP contribution >= 0.6 is 12.2 Å². The predicted molar refractivity (Wildman–Crippen MR) is 127 cm³/mol. The summed E-state index contributed by atoms with van der Waals surface area (Å²) < 4.78 is 7.64. The molecular formula is C24H29N5O2S. The Morgan fingerprint density at radius 3 is 2.44 bits per heavy atom. The summed E-state index contributed by atoms with van der Waals surface area (Å²) in [6.45, 7) is 4.91. The van der Waals surface area contributed by atoms with Gasteiger partial charge in [-0.05, 0) is 48.5 Å². The number of benzene rings is 2. The lowest BCUT2D eigenvalue weighted by atomic mass is 10.1. The lowest BCUT2D eigenvalue weighted by Gasteiger charge is -2.34. The van der Waals surface area contributed by atoms with Gasteiger partial charge in [0.05, 0.1) is 7.11 Å². The minimum atomic E-state index is 0.163. The van der Waals surface area contributed by atoms with Crippen LogP contribution < -0.4 is 4.74 Å². The molecule has 1 N–H and O–H groups in total. The second kappa shape index (κ2) is 10.6. The van der Waals surface area contributed by atoms with Gasteiger partial charge in [0.25, 0.3) is 0 Å². The molecule has 168 valence electrons. The van der Waals surface area contributed by atoms with Crippen LogP contribution in [0.1, 0.15) is 12.0 Å². The van der Waals surface area contributed by atoms with Crippen LogP contribution in [0.2, 0.25) is 0 Å². The summed E-state index contributed by atoms with van der Waals surface area (Å²) in [4.78, 5) is 17.2. The van der Waals surface area contributed by atoms with Crippen molar-refractivity contribution < 1.29 is 9.53 Å². The number of carbonyl (C=O) groups excluding carboxylic acids is 1. The third-order valence-corrected chi connectivity index (χ3v) is 6.25. The standard InChI is InChI=1S/C24H29N5O2S/c1-31-21-9-7-20(8-10-21)23-25-26-24(32)29(23)14-12-22(30)28-17-15-27(16-18-28)13-11-19-5-3-2-4-6-19/h2-10H,11-18H2,1H3,(H,26,32). The fraction of sp³-hybridized carbons (Fsp3) is 0.375. The number of piperazine rings is 1. The van der Waals surface area contributed by atoms with E-state index in [2.05, 4.69) is 39.4 Å². The number of amides is 1. The highest BCUT2D eigenvalue weighted by molar-refractivity contribution is 7.71. The van der Waals surface area contributed by atoms with E-state index in [-0.39, 0.29) is 5.91 Å². The van der Waals surface area contributed by atoms with E-state index in [1.165, 1.54) is 5.56 Å². The zero-order valence-electron chi connectivity index (χ0n) is 18.4. The highest BCUT2D eigenvalue weighted by Crippen LogP contribution is 2.21. The summed E-state index contributed by atoms with van der Waals surface area (Å²) in [7, 11) is 1.64. The molecule has 4 rings (SSSR count). The number of rotatable bonds is 8. The molecule has 1 aliphatic heterocycles. The maximum absolute atomic E-state index is 12.8. The molecule has 32 heavy (non-hydrogen) atoms. The van der Waals surface area contributed by atoms with Gasteiger partial charge in [0.15, 0.2) is 10.6 Å². The number of H-pyrrole nitrogens is 1. The SMILES string of the molecule is COc1ccc(-c2n[nH]c(=S)n2CCC(=O)N2CCN(CCc3ccccc3)CC2)cc1. The molecule has 2 heterocycles. The Hall–Kier alpha value is -2.97. The van der Waals surface area contributed by atoms with Crippen molar-refractivity contribution in [1.82, 2.24) is 24.6 Å². The summed E-state index contributed by atoms with van der Waals surface area (Å²) in [5, 5.41) is 7.21. The molecule has 1 amide bonds. The average Bonchev–Trinajstić information content (AvgIpc) is 3.22. The molecular weight excluding hydrogens is 422 g/mol. The number of nitrogens with zero attached hydrogens (tertiary/aromatic N) is 4. The van der Waals surface area contributed by atoms with Crippen LogP contribution in [0.15, 0.2) is 54.6 Å². The first-order valence-electron chi connectivity index (χ1n) is 11.0. The first-order valence-corrected chi connectivity index (χ1v) is 11.4. The van der Waals surface area contributed by atoms with E-state index in [0.717, 1.165) is 56.3 Å². The second-order valence-electron chi connectivity index (χ2n) is 7.94. The minimum Gasteiger partial charge on any atom is -0.497 e. The molecule has 0 aliphatic carbocycles. The van der Waals surface area contributed by atoms with Crippen molar-refractivity contribution in [2.24, 2.45) is 0 Å². The van der Waals surface area contributed by atoms with E-state index in [0.29, 0.717) is 17.7 Å². The zero-order chi connectivity index (χ0) is 22.3. The van der Waals surface area contributed by atoms with Gasteiger partial charge in [-0.2, -0.15) is 5.10 Å². The smallest absolute Gasteiger partial charge is 0.224 e. The maximum Gasteiger partial charge on any atom is 0.224 e. The lowest BCUT2D eigenvalue weighted by molar-refractivity contribution is -0.133. The Balaban J connectivity index is 1.28. The van der Waals surface area contributed by atoms with Crippen molar-refractivity contribution in [3.63, 3.8) is 0 Å². The van der Waals surface area contributed by atoms with Gasteiger partial charge in [0, 0.05) is 51.3 Å². The first-order chi connectivity index (χ1) is 15.6. The maximum atomic E-state index is 12.8. The van der Waals surface area contributed by atoms with E-state index in [1.54, 1.807) is 7.11 Å². The molecule has 1 aromatic heterocycles. The van der Waals surface area contributed by atoms with Crippen molar-refractivity contribution in [3.05, 3.63) is 64.9 Å². The Morgan fingerprint density at radius 2 is 1.75 bits per heavy atom. The summed E-state index contributed by atoms with van der Waals surface area (Å²) in [5.74, 6) is 1.68. The number of hydrogen-bond donors (Lipinski definition) is 1. The number of aromatic amines is 1. The van der Waals surface area contributed by atoms with Crippen LogP contribution in [0.4, 0.5) is 0 Å². The summed E-state index contributed by atoms with van der Waals surface area (Å²) in [6.07, 6.45) is 1.45. The molecule has 2 aromatic carbocycles. The van der Waals surface area contributed by atoms with Crippen LogP contribution in [0.25, 0.3) is 11.4 Å². The summed E-state index contributed by atoms with van der Waals surface area (Å²) >= 11 is 5.40. The summed E-state index contributed by atoms with van der Waals surface area (Å²) in [5.41, 5.74) is 2.29. The van der Waals surface area contributed by atoms with Gasteiger partial charge in [-0.1, -0.05) is 30.3 Å². The van der Waals surface area contributed by atoms with Crippen molar-refractivity contribution in [3.8, 4) is 17.1 Å². The molecule has 0 saturated carbocycles. The van der Waals surface area contributed by atoms with Gasteiger partial charge < -0.3 is 9.64 Å². The van der Waals surface area contributed by atoms with Gasteiger partial charge in [0.2, 0.25) is 5.91 Å². The summed E-state index contributed by atoms with van der Waals surface area (Å²) in [6, 6.07) is 18.2. The fourth-order valence-electron chi connectivity index (χ4n) is 4.00. The Kier molecular flexibility index (Phi) is 7.34. The number of hydrogen-bond acceptors (Lipinski definition) is 5. The molecule has 0 radical (unpaired) electrons. The van der Waals surface area contributed by atoms with E-state index in [9.17, 15) is 4.79 Å². The normalized spacial score (nSPS) is 14.5. The van der Waals surface area contributed by atoms with Crippen molar-refractivity contribution in [2.45, 2.75) is 19.4 Å². The predicted octanol–water partition coefficient (Wildman–Crippen LogP) is 3.39. The molecule has 1 saturated heterocycles. The number of methoxy groups -OCH3 is 1. The monoisotopic (exact) mass is 451 g/mol. The van der Waals surface area contributed by atoms with Gasteiger partial charge in [-0.15, -0.1) is 0 Å². The number of ether oxygens (including phenoxy) is 1. The third kappa shape index (κ3) is 5.44. The Labute approximate surface area is 193 Å². The first kappa shape index (κ1) is 22.2.